The summed E-state index contributed by atoms with van der Waals surface area (Å²) in [6.07, 6.45) is 1.82. The van der Waals surface area contributed by atoms with E-state index in [2.05, 4.69) is 15.6 Å². The molecule has 1 aromatic heterocycles. The zero-order chi connectivity index (χ0) is 11.1. The molecule has 1 heterocycles. The summed E-state index contributed by atoms with van der Waals surface area (Å²) in [7, 11) is 5.21. The SMILES string of the molecule is COCC(CNCc1cnnn1C)OC. The highest BCUT2D eigenvalue weighted by atomic mass is 16.5. The van der Waals surface area contributed by atoms with Crippen molar-refractivity contribution in [2.24, 2.45) is 7.05 Å². The number of aromatic nitrogens is 3. The maximum atomic E-state index is 5.21. The molecule has 0 spiro atoms. The molecule has 0 fully saturated rings. The van der Waals surface area contributed by atoms with Crippen LogP contribution in [0.4, 0.5) is 0 Å². The van der Waals surface area contributed by atoms with Crippen molar-refractivity contribution in [1.29, 1.82) is 0 Å². The Morgan fingerprint density at radius 1 is 1.53 bits per heavy atom. The summed E-state index contributed by atoms with van der Waals surface area (Å²) in [5.41, 5.74) is 1.04. The molecule has 0 aliphatic heterocycles. The van der Waals surface area contributed by atoms with Gasteiger partial charge in [0.2, 0.25) is 0 Å². The van der Waals surface area contributed by atoms with Crippen LogP contribution in [0.25, 0.3) is 0 Å². The van der Waals surface area contributed by atoms with Crippen LogP contribution in [0.5, 0.6) is 0 Å². The van der Waals surface area contributed by atoms with Crippen molar-refractivity contribution in [2.75, 3.05) is 27.4 Å². The van der Waals surface area contributed by atoms with Crippen LogP contribution in [0.2, 0.25) is 0 Å². The van der Waals surface area contributed by atoms with Crippen LogP contribution in [0.15, 0.2) is 6.20 Å². The van der Waals surface area contributed by atoms with Gasteiger partial charge in [-0.3, -0.25) is 4.68 Å². The first-order valence-corrected chi connectivity index (χ1v) is 4.84. The van der Waals surface area contributed by atoms with Crippen molar-refractivity contribution in [2.45, 2.75) is 12.6 Å². The summed E-state index contributed by atoms with van der Waals surface area (Å²) in [4.78, 5) is 0. The van der Waals surface area contributed by atoms with Gasteiger partial charge in [0, 0.05) is 34.4 Å². The summed E-state index contributed by atoms with van der Waals surface area (Å²) in [6.45, 7) is 2.07. The van der Waals surface area contributed by atoms with E-state index in [1.54, 1.807) is 25.1 Å². The second-order valence-electron chi connectivity index (χ2n) is 3.29. The molecule has 15 heavy (non-hydrogen) atoms. The molecule has 0 aromatic carbocycles. The van der Waals surface area contributed by atoms with Crippen LogP contribution in [0, 0.1) is 0 Å². The fourth-order valence-corrected chi connectivity index (χ4v) is 1.23. The second kappa shape index (κ2) is 6.49. The zero-order valence-corrected chi connectivity index (χ0v) is 9.43. The summed E-state index contributed by atoms with van der Waals surface area (Å²) in [5.74, 6) is 0. The van der Waals surface area contributed by atoms with Gasteiger partial charge in [-0.1, -0.05) is 5.21 Å². The third-order valence-electron chi connectivity index (χ3n) is 2.17. The fraction of sp³-hybridized carbons (Fsp3) is 0.778. The number of rotatable bonds is 7. The lowest BCUT2D eigenvalue weighted by Gasteiger charge is -2.14. The molecule has 1 atom stereocenters. The number of aryl methyl sites for hydroxylation is 1. The Balaban J connectivity index is 2.23. The van der Waals surface area contributed by atoms with Crippen molar-refractivity contribution >= 4 is 0 Å². The number of hydrogen-bond acceptors (Lipinski definition) is 5. The van der Waals surface area contributed by atoms with Gasteiger partial charge >= 0.3 is 0 Å². The second-order valence-corrected chi connectivity index (χ2v) is 3.29. The molecule has 0 aliphatic rings. The van der Waals surface area contributed by atoms with Crippen LogP contribution in [-0.4, -0.2) is 48.5 Å². The lowest BCUT2D eigenvalue weighted by atomic mass is 10.3. The normalized spacial score (nSPS) is 13.0. The topological polar surface area (TPSA) is 61.2 Å². The molecular weight excluding hydrogens is 196 g/mol. The number of nitrogens with zero attached hydrogens (tertiary/aromatic N) is 3. The van der Waals surface area contributed by atoms with E-state index in [1.807, 2.05) is 7.05 Å². The molecular formula is C9H18N4O2. The third-order valence-corrected chi connectivity index (χ3v) is 2.17. The summed E-state index contributed by atoms with van der Waals surface area (Å²) in [5, 5.41) is 10.9. The maximum Gasteiger partial charge on any atom is 0.0928 e. The van der Waals surface area contributed by atoms with E-state index in [4.69, 9.17) is 9.47 Å². The van der Waals surface area contributed by atoms with Gasteiger partial charge in [-0.2, -0.15) is 0 Å². The minimum absolute atomic E-state index is 0.0798. The maximum absolute atomic E-state index is 5.21. The summed E-state index contributed by atoms with van der Waals surface area (Å²) >= 11 is 0. The van der Waals surface area contributed by atoms with E-state index in [-0.39, 0.29) is 6.10 Å². The van der Waals surface area contributed by atoms with Gasteiger partial charge in [0.1, 0.15) is 0 Å². The third kappa shape index (κ3) is 3.94. The Morgan fingerprint density at radius 3 is 2.87 bits per heavy atom. The predicted molar refractivity (Wildman–Crippen MR) is 55.4 cm³/mol. The Hall–Kier alpha value is -0.980. The zero-order valence-electron chi connectivity index (χ0n) is 9.43. The fourth-order valence-electron chi connectivity index (χ4n) is 1.23. The van der Waals surface area contributed by atoms with E-state index in [0.29, 0.717) is 6.61 Å². The average Bonchev–Trinajstić information content (AvgIpc) is 2.63. The van der Waals surface area contributed by atoms with Crippen LogP contribution >= 0.6 is 0 Å². The smallest absolute Gasteiger partial charge is 0.0928 e. The number of methoxy groups -OCH3 is 2. The summed E-state index contributed by atoms with van der Waals surface area (Å²) in [6, 6.07) is 0. The minimum Gasteiger partial charge on any atom is -0.382 e. The van der Waals surface area contributed by atoms with Gasteiger partial charge in [-0.25, -0.2) is 0 Å². The van der Waals surface area contributed by atoms with Gasteiger partial charge in [-0.05, 0) is 0 Å². The van der Waals surface area contributed by atoms with E-state index < -0.39 is 0 Å². The molecule has 0 aliphatic carbocycles. The Kier molecular flexibility index (Phi) is 5.23. The predicted octanol–water partition coefficient (Wildman–Crippen LogP) is -0.434. The van der Waals surface area contributed by atoms with Gasteiger partial charge < -0.3 is 14.8 Å². The van der Waals surface area contributed by atoms with Crippen molar-refractivity contribution < 1.29 is 9.47 Å². The van der Waals surface area contributed by atoms with E-state index in [0.717, 1.165) is 18.8 Å². The number of nitrogens with one attached hydrogen (secondary N) is 1. The Bertz CT molecular complexity index is 277. The van der Waals surface area contributed by atoms with Gasteiger partial charge in [0.25, 0.3) is 0 Å². The quantitative estimate of drug-likeness (QED) is 0.667. The van der Waals surface area contributed by atoms with Crippen molar-refractivity contribution in [3.63, 3.8) is 0 Å². The molecule has 6 heteroatoms. The molecule has 1 aromatic rings. The molecule has 86 valence electrons. The van der Waals surface area contributed by atoms with Crippen LogP contribution < -0.4 is 5.32 Å². The number of ether oxygens (including phenoxy) is 2. The van der Waals surface area contributed by atoms with Crippen LogP contribution in [0.1, 0.15) is 5.69 Å². The first kappa shape index (κ1) is 12.1. The molecule has 1 unspecified atom stereocenters. The summed E-state index contributed by atoms with van der Waals surface area (Å²) < 4.78 is 12.0. The molecule has 1 N–H and O–H groups in total. The van der Waals surface area contributed by atoms with Gasteiger partial charge in [-0.15, -0.1) is 5.10 Å². The molecule has 1 rings (SSSR count). The highest BCUT2D eigenvalue weighted by Gasteiger charge is 2.06. The minimum atomic E-state index is 0.0798. The monoisotopic (exact) mass is 214 g/mol. The largest absolute Gasteiger partial charge is 0.382 e. The van der Waals surface area contributed by atoms with E-state index >= 15 is 0 Å². The van der Waals surface area contributed by atoms with Crippen LogP contribution in [-0.2, 0) is 23.1 Å². The average molecular weight is 214 g/mol. The van der Waals surface area contributed by atoms with Gasteiger partial charge in [0.15, 0.2) is 0 Å². The van der Waals surface area contributed by atoms with Crippen molar-refractivity contribution in [3.8, 4) is 0 Å². The molecule has 0 radical (unpaired) electrons. The standard InChI is InChI=1S/C9H18N4O2/c1-13-8(5-11-12-13)4-10-6-9(15-3)7-14-2/h5,9-10H,4,6-7H2,1-3H3. The Labute approximate surface area is 89.6 Å². The highest BCUT2D eigenvalue weighted by molar-refractivity contribution is 4.92. The first-order chi connectivity index (χ1) is 7.27. The lowest BCUT2D eigenvalue weighted by Crippen LogP contribution is -2.31. The molecule has 6 nitrogen and oxygen atoms in total. The van der Waals surface area contributed by atoms with Crippen LogP contribution in [0.3, 0.4) is 0 Å². The van der Waals surface area contributed by atoms with Crippen molar-refractivity contribution in [3.05, 3.63) is 11.9 Å². The molecule has 0 amide bonds. The highest BCUT2D eigenvalue weighted by Crippen LogP contribution is 1.94. The molecule has 0 saturated carbocycles. The molecule has 0 bridgehead atoms. The Morgan fingerprint density at radius 2 is 2.33 bits per heavy atom. The van der Waals surface area contributed by atoms with Gasteiger partial charge in [0.05, 0.1) is 24.6 Å². The van der Waals surface area contributed by atoms with Crippen molar-refractivity contribution in [1.82, 2.24) is 20.3 Å². The van der Waals surface area contributed by atoms with E-state index in [1.165, 1.54) is 0 Å². The lowest BCUT2D eigenvalue weighted by molar-refractivity contribution is 0.0287. The van der Waals surface area contributed by atoms with E-state index in [9.17, 15) is 0 Å². The number of hydrogen-bond donors (Lipinski definition) is 1. The first-order valence-electron chi connectivity index (χ1n) is 4.84. The molecule has 0 saturated heterocycles.